The second kappa shape index (κ2) is 17.7. The maximum atomic E-state index is 14.7. The van der Waals surface area contributed by atoms with Crippen molar-refractivity contribution in [3.63, 3.8) is 0 Å². The average Bonchev–Trinajstić information content (AvgIpc) is 3.19. The van der Waals surface area contributed by atoms with Crippen LogP contribution in [0.25, 0.3) is 0 Å². The third-order valence-electron chi connectivity index (χ3n) is 10.6. The van der Waals surface area contributed by atoms with Gasteiger partial charge >= 0.3 is 0 Å². The summed E-state index contributed by atoms with van der Waals surface area (Å²) in [4.78, 5) is 88.3. The minimum atomic E-state index is -1.15. The topological polar surface area (TPSA) is 167 Å². The molecule has 0 radical (unpaired) electrons. The number of ether oxygens (including phenoxy) is 2. The Hall–Kier alpha value is -5.92. The zero-order valence-corrected chi connectivity index (χ0v) is 33.3. The molecule has 1 saturated heterocycles. The predicted octanol–water partition coefficient (Wildman–Crippen LogP) is 2.40. The molecule has 3 aromatic carbocycles. The summed E-state index contributed by atoms with van der Waals surface area (Å²) in [5, 5.41) is 8.19. The van der Waals surface area contributed by atoms with Crippen LogP contribution in [0, 0.1) is 0 Å². The summed E-state index contributed by atoms with van der Waals surface area (Å²) in [6.45, 7) is 6.53. The maximum Gasteiger partial charge on any atom is 0.246 e. The summed E-state index contributed by atoms with van der Waals surface area (Å²) in [5.74, 6) is -2.12. The van der Waals surface area contributed by atoms with Crippen molar-refractivity contribution in [3.05, 3.63) is 89.0 Å². The highest BCUT2D eigenvalue weighted by Crippen LogP contribution is 2.34. The highest BCUT2D eigenvalue weighted by atomic mass is 16.5. The van der Waals surface area contributed by atoms with Crippen molar-refractivity contribution in [2.45, 2.75) is 89.6 Å². The number of fused-ring (bicyclic) bond motifs is 2. The zero-order valence-electron chi connectivity index (χ0n) is 33.3. The number of likely N-dealkylation sites (N-methyl/N-ethyl adjacent to an activating group) is 3. The molecule has 6 atom stereocenters. The van der Waals surface area contributed by atoms with Crippen molar-refractivity contribution >= 4 is 35.4 Å². The van der Waals surface area contributed by atoms with E-state index in [9.17, 15) is 28.8 Å². The van der Waals surface area contributed by atoms with Gasteiger partial charge in [0.15, 0.2) is 11.5 Å². The van der Waals surface area contributed by atoms with Gasteiger partial charge < -0.3 is 40.1 Å². The van der Waals surface area contributed by atoms with Crippen LogP contribution in [-0.4, -0.2) is 115 Å². The van der Waals surface area contributed by atoms with Gasteiger partial charge in [-0.2, -0.15) is 0 Å². The van der Waals surface area contributed by atoms with Gasteiger partial charge in [0.25, 0.3) is 0 Å². The molecule has 3 aliphatic heterocycles. The Labute approximate surface area is 327 Å². The molecule has 0 aliphatic carbocycles. The van der Waals surface area contributed by atoms with E-state index in [2.05, 4.69) is 16.0 Å². The first-order valence-corrected chi connectivity index (χ1v) is 18.8. The first-order chi connectivity index (χ1) is 26.6. The molecule has 6 rings (SSSR count). The fourth-order valence-electron chi connectivity index (χ4n) is 6.98. The summed E-state index contributed by atoms with van der Waals surface area (Å²) in [7, 11) is 5.96. The molecule has 6 amide bonds. The number of nitrogens with one attached hydrogen (secondary N) is 3. The van der Waals surface area contributed by atoms with Gasteiger partial charge in [-0.1, -0.05) is 49.4 Å². The lowest BCUT2D eigenvalue weighted by atomic mass is 9.98. The lowest BCUT2D eigenvalue weighted by molar-refractivity contribution is -0.149. The molecular weight excluding hydrogens is 716 g/mol. The standard InChI is InChI=1S/C42H52N6O8/c1-9-27-10-12-28(13-11-27)20-32-39(51)45-26(4)41(53)48(7)34-21-29-14-17-31(18-15-29)56-36-23-30(16-19-35(36)55-8)22-33(47(6)42(34)54)38(50)43-24(2)37(49)44-25(3)40(52)46(32)5/h10-19,23-26,32-34H,9,20-22H2,1-8H3,(H,43,50)(H,44,49)(H,45,51)/t24-,25-,26-,32-,33-,34-/m0/s1. The van der Waals surface area contributed by atoms with Gasteiger partial charge in [0.2, 0.25) is 35.4 Å². The van der Waals surface area contributed by atoms with Crippen molar-refractivity contribution < 1.29 is 38.2 Å². The monoisotopic (exact) mass is 768 g/mol. The lowest BCUT2D eigenvalue weighted by Gasteiger charge is -2.36. The number of methoxy groups -OCH3 is 1. The van der Waals surface area contributed by atoms with Crippen LogP contribution >= 0.6 is 0 Å². The van der Waals surface area contributed by atoms with E-state index in [1.165, 1.54) is 63.7 Å². The molecule has 3 N–H and O–H groups in total. The van der Waals surface area contributed by atoms with E-state index >= 15 is 0 Å². The molecule has 0 spiro atoms. The van der Waals surface area contributed by atoms with Gasteiger partial charge in [-0.25, -0.2) is 0 Å². The Bertz CT molecular complexity index is 1950. The third kappa shape index (κ3) is 9.29. The van der Waals surface area contributed by atoms with Crippen LogP contribution in [0.2, 0.25) is 0 Å². The fraction of sp³-hybridized carbons (Fsp3) is 0.429. The molecule has 3 aromatic rings. The molecule has 14 heteroatoms. The van der Waals surface area contributed by atoms with E-state index in [1.807, 2.05) is 31.2 Å². The van der Waals surface area contributed by atoms with Crippen molar-refractivity contribution in [2.24, 2.45) is 0 Å². The molecule has 0 unspecified atom stereocenters. The Morgan fingerprint density at radius 1 is 0.625 bits per heavy atom. The smallest absolute Gasteiger partial charge is 0.246 e. The molecule has 56 heavy (non-hydrogen) atoms. The summed E-state index contributed by atoms with van der Waals surface area (Å²) >= 11 is 0. The van der Waals surface area contributed by atoms with E-state index in [1.54, 1.807) is 42.5 Å². The molecule has 1 fully saturated rings. The van der Waals surface area contributed by atoms with E-state index in [0.717, 1.165) is 17.5 Å². The molecule has 0 saturated carbocycles. The minimum Gasteiger partial charge on any atom is -0.493 e. The summed E-state index contributed by atoms with van der Waals surface area (Å²) in [5.41, 5.74) is 3.23. The Morgan fingerprint density at radius 2 is 1.16 bits per heavy atom. The van der Waals surface area contributed by atoms with Crippen molar-refractivity contribution in [1.82, 2.24) is 30.7 Å². The number of hydrogen-bond donors (Lipinski definition) is 3. The number of aryl methyl sites for hydroxylation is 1. The maximum absolute atomic E-state index is 14.7. The molecule has 0 aromatic heterocycles. The van der Waals surface area contributed by atoms with Gasteiger partial charge in [-0.05, 0) is 73.7 Å². The Balaban J connectivity index is 1.57. The second-order valence-corrected chi connectivity index (χ2v) is 14.6. The van der Waals surface area contributed by atoms with Gasteiger partial charge in [0.1, 0.15) is 42.0 Å². The number of benzene rings is 3. The number of amides is 6. The third-order valence-corrected chi connectivity index (χ3v) is 10.6. The van der Waals surface area contributed by atoms with Crippen LogP contribution in [0.15, 0.2) is 66.7 Å². The molecular formula is C42H52N6O8. The summed E-state index contributed by atoms with van der Waals surface area (Å²) in [6.07, 6.45) is 1.04. The van der Waals surface area contributed by atoms with E-state index in [0.29, 0.717) is 28.4 Å². The number of rotatable bonds is 4. The molecule has 3 heterocycles. The van der Waals surface area contributed by atoms with Gasteiger partial charge in [0.05, 0.1) is 7.11 Å². The van der Waals surface area contributed by atoms with Crippen molar-refractivity contribution in [3.8, 4) is 17.2 Å². The van der Waals surface area contributed by atoms with Crippen molar-refractivity contribution in [1.29, 1.82) is 0 Å². The van der Waals surface area contributed by atoms with Crippen LogP contribution in [0.1, 0.15) is 49.9 Å². The summed E-state index contributed by atoms with van der Waals surface area (Å²) in [6, 6.07) is 13.3. The number of nitrogens with zero attached hydrogens (tertiary/aromatic N) is 3. The normalized spacial score (nSPS) is 24.4. The predicted molar refractivity (Wildman–Crippen MR) is 209 cm³/mol. The molecule has 3 aliphatic rings. The van der Waals surface area contributed by atoms with Crippen molar-refractivity contribution in [2.75, 3.05) is 28.3 Å². The Morgan fingerprint density at radius 3 is 1.79 bits per heavy atom. The van der Waals surface area contributed by atoms with Gasteiger partial charge in [0, 0.05) is 40.4 Å². The molecule has 6 bridgehead atoms. The minimum absolute atomic E-state index is 0.0133. The molecule has 298 valence electrons. The highest BCUT2D eigenvalue weighted by Gasteiger charge is 2.39. The number of carbonyl (C=O) groups excluding carboxylic acids is 6. The largest absolute Gasteiger partial charge is 0.493 e. The average molecular weight is 769 g/mol. The summed E-state index contributed by atoms with van der Waals surface area (Å²) < 4.78 is 11.7. The number of carbonyl (C=O) groups is 6. The second-order valence-electron chi connectivity index (χ2n) is 14.6. The lowest BCUT2D eigenvalue weighted by Crippen LogP contribution is -2.61. The van der Waals surface area contributed by atoms with Crippen LogP contribution in [0.3, 0.4) is 0 Å². The van der Waals surface area contributed by atoms with Crippen LogP contribution in [-0.2, 0) is 54.5 Å². The van der Waals surface area contributed by atoms with Crippen LogP contribution in [0.5, 0.6) is 17.2 Å². The zero-order chi connectivity index (χ0) is 40.8. The quantitative estimate of drug-likeness (QED) is 0.364. The SMILES string of the molecule is CCc1ccc(C[C@H]2C(=O)N[C@@H](C)C(=O)N(C)[C@H]3Cc4ccc(cc4)Oc4cc(ccc4OC)C[C@@H](C(=O)N[C@@H](C)C(=O)N[C@@H](C)C(=O)N2C)N(C)C3=O)cc1. The van der Waals surface area contributed by atoms with Gasteiger partial charge in [-0.15, -0.1) is 0 Å². The highest BCUT2D eigenvalue weighted by molar-refractivity contribution is 5.98. The number of hydrogen-bond acceptors (Lipinski definition) is 8. The first kappa shape index (κ1) is 41.2. The van der Waals surface area contributed by atoms with Crippen LogP contribution in [0.4, 0.5) is 0 Å². The van der Waals surface area contributed by atoms with Gasteiger partial charge in [-0.3, -0.25) is 28.8 Å². The van der Waals surface area contributed by atoms with E-state index in [4.69, 9.17) is 9.47 Å². The van der Waals surface area contributed by atoms with E-state index < -0.39 is 71.7 Å². The van der Waals surface area contributed by atoms with Crippen LogP contribution < -0.4 is 25.4 Å². The van der Waals surface area contributed by atoms with E-state index in [-0.39, 0.29) is 19.3 Å². The molecule has 14 nitrogen and oxygen atoms in total. The first-order valence-electron chi connectivity index (χ1n) is 18.8. The Kier molecular flexibility index (Phi) is 13.0. The fourth-order valence-corrected chi connectivity index (χ4v) is 6.98.